The van der Waals surface area contributed by atoms with Crippen LogP contribution in [0.2, 0.25) is 0 Å². The van der Waals surface area contributed by atoms with E-state index in [1.165, 1.54) is 18.3 Å². The third-order valence-electron chi connectivity index (χ3n) is 2.98. The predicted molar refractivity (Wildman–Crippen MR) is 74.4 cm³/mol. The van der Waals surface area contributed by atoms with E-state index in [0.29, 0.717) is 19.6 Å². The van der Waals surface area contributed by atoms with Gasteiger partial charge in [-0.05, 0) is 24.7 Å². The summed E-state index contributed by atoms with van der Waals surface area (Å²) in [6.07, 6.45) is 1.54. The highest BCUT2D eigenvalue weighted by atomic mass is 19.1. The van der Waals surface area contributed by atoms with Crippen molar-refractivity contribution in [3.63, 3.8) is 0 Å². The molecule has 0 saturated heterocycles. The Labute approximate surface area is 121 Å². The molecule has 1 amide bonds. The van der Waals surface area contributed by atoms with Crippen LogP contribution in [0.25, 0.3) is 0 Å². The van der Waals surface area contributed by atoms with Crippen LogP contribution in [-0.4, -0.2) is 39.4 Å². The number of nitrogens with one attached hydrogen (secondary N) is 1. The molecule has 0 saturated carbocycles. The number of benzene rings is 1. The molecule has 7 nitrogen and oxygen atoms in total. The van der Waals surface area contributed by atoms with Gasteiger partial charge in [-0.1, -0.05) is 17.3 Å². The topological polar surface area (TPSA) is 89.1 Å². The van der Waals surface area contributed by atoms with Crippen molar-refractivity contribution in [1.82, 2.24) is 25.3 Å². The number of rotatable bonds is 6. The lowest BCUT2D eigenvalue weighted by Crippen LogP contribution is -2.30. The minimum atomic E-state index is -0.471. The number of carbonyl (C=O) groups is 1. The highest BCUT2D eigenvalue weighted by molar-refractivity contribution is 5.91. The zero-order valence-corrected chi connectivity index (χ0v) is 11.7. The molecule has 0 radical (unpaired) electrons. The van der Waals surface area contributed by atoms with Crippen LogP contribution in [0.3, 0.4) is 0 Å². The van der Waals surface area contributed by atoms with E-state index in [9.17, 15) is 9.18 Å². The number of nitrogens with two attached hydrogens (primary N) is 1. The van der Waals surface area contributed by atoms with E-state index in [4.69, 9.17) is 5.84 Å². The molecule has 0 atom stereocenters. The Balaban J connectivity index is 1.83. The molecule has 1 aromatic carbocycles. The number of hydrazine groups is 1. The molecule has 0 spiro atoms. The Kier molecular flexibility index (Phi) is 4.96. The summed E-state index contributed by atoms with van der Waals surface area (Å²) in [5.74, 6) is 4.31. The molecule has 1 heterocycles. The molecular formula is C13H17FN6O. The first-order valence-electron chi connectivity index (χ1n) is 6.42. The average Bonchev–Trinajstić information content (AvgIpc) is 2.96. The Morgan fingerprint density at radius 3 is 2.81 bits per heavy atom. The molecule has 0 unspecified atom stereocenters. The third kappa shape index (κ3) is 4.33. The van der Waals surface area contributed by atoms with Crippen LogP contribution >= 0.6 is 0 Å². The molecule has 21 heavy (non-hydrogen) atoms. The Bertz CT molecular complexity index is 597. The summed E-state index contributed by atoms with van der Waals surface area (Å²) in [6, 6.07) is 6.40. The molecule has 3 N–H and O–H groups in total. The lowest BCUT2D eigenvalue weighted by Gasteiger charge is -2.16. The van der Waals surface area contributed by atoms with Crippen molar-refractivity contribution in [2.24, 2.45) is 5.84 Å². The Hall–Kier alpha value is -2.32. The zero-order valence-electron chi connectivity index (χ0n) is 11.7. The van der Waals surface area contributed by atoms with Gasteiger partial charge in [-0.2, -0.15) is 0 Å². The first-order valence-corrected chi connectivity index (χ1v) is 6.42. The van der Waals surface area contributed by atoms with E-state index in [-0.39, 0.29) is 11.5 Å². The van der Waals surface area contributed by atoms with Gasteiger partial charge in [-0.15, -0.1) is 5.10 Å². The quantitative estimate of drug-likeness (QED) is 0.449. The number of nitrogens with zero attached hydrogens (tertiary/aromatic N) is 4. The number of carbonyl (C=O) groups excluding carboxylic acids is 1. The second-order valence-electron chi connectivity index (χ2n) is 4.70. The molecule has 0 fully saturated rings. The fourth-order valence-corrected chi connectivity index (χ4v) is 1.84. The van der Waals surface area contributed by atoms with Crippen LogP contribution in [-0.2, 0) is 13.1 Å². The Morgan fingerprint density at radius 1 is 1.43 bits per heavy atom. The maximum atomic E-state index is 12.8. The largest absolute Gasteiger partial charge is 0.300 e. The van der Waals surface area contributed by atoms with Crippen LogP contribution in [0.4, 0.5) is 4.39 Å². The van der Waals surface area contributed by atoms with Crippen molar-refractivity contribution in [2.45, 2.75) is 13.1 Å². The van der Waals surface area contributed by atoms with Gasteiger partial charge in [0.15, 0.2) is 5.69 Å². The summed E-state index contributed by atoms with van der Waals surface area (Å²) < 4.78 is 14.4. The van der Waals surface area contributed by atoms with Crippen molar-refractivity contribution >= 4 is 5.91 Å². The molecular weight excluding hydrogens is 275 g/mol. The molecule has 0 bridgehead atoms. The average molecular weight is 292 g/mol. The lowest BCUT2D eigenvalue weighted by atomic mass is 10.2. The predicted octanol–water partition coefficient (Wildman–Crippen LogP) is 0.153. The van der Waals surface area contributed by atoms with Crippen LogP contribution in [0, 0.1) is 5.82 Å². The second-order valence-corrected chi connectivity index (χ2v) is 4.70. The molecule has 0 aliphatic heterocycles. The molecule has 2 aromatic rings. The summed E-state index contributed by atoms with van der Waals surface area (Å²) in [5, 5.41) is 7.57. The summed E-state index contributed by atoms with van der Waals surface area (Å²) in [6.45, 7) is 2.00. The number of likely N-dealkylation sites (N-methyl/N-ethyl adjacent to an activating group) is 1. The van der Waals surface area contributed by atoms with Gasteiger partial charge in [-0.3, -0.25) is 14.9 Å². The van der Waals surface area contributed by atoms with E-state index >= 15 is 0 Å². The number of nitrogen functional groups attached to an aromatic ring is 1. The monoisotopic (exact) mass is 292 g/mol. The molecule has 0 aliphatic carbocycles. The summed E-state index contributed by atoms with van der Waals surface area (Å²) in [4.78, 5) is 13.3. The summed E-state index contributed by atoms with van der Waals surface area (Å²) in [5.41, 5.74) is 3.21. The first-order chi connectivity index (χ1) is 10.1. The van der Waals surface area contributed by atoms with Crippen molar-refractivity contribution in [3.05, 3.63) is 47.5 Å². The molecule has 8 heteroatoms. The zero-order chi connectivity index (χ0) is 15.2. The number of amides is 1. The van der Waals surface area contributed by atoms with E-state index in [0.717, 1.165) is 5.56 Å². The van der Waals surface area contributed by atoms with Crippen molar-refractivity contribution in [3.8, 4) is 0 Å². The van der Waals surface area contributed by atoms with Crippen molar-refractivity contribution < 1.29 is 9.18 Å². The molecule has 2 rings (SSSR count). The highest BCUT2D eigenvalue weighted by Crippen LogP contribution is 2.05. The highest BCUT2D eigenvalue weighted by Gasteiger charge is 2.09. The van der Waals surface area contributed by atoms with Crippen molar-refractivity contribution in [1.29, 1.82) is 0 Å². The number of halogens is 1. The second kappa shape index (κ2) is 6.91. The summed E-state index contributed by atoms with van der Waals surface area (Å²) >= 11 is 0. The van der Waals surface area contributed by atoms with Gasteiger partial charge in [-0.25, -0.2) is 10.2 Å². The van der Waals surface area contributed by atoms with Gasteiger partial charge in [0.2, 0.25) is 0 Å². The van der Waals surface area contributed by atoms with Crippen molar-refractivity contribution in [2.75, 3.05) is 13.6 Å². The van der Waals surface area contributed by atoms with Gasteiger partial charge < -0.3 is 4.90 Å². The van der Waals surface area contributed by atoms with E-state index in [2.05, 4.69) is 15.2 Å². The molecule has 0 aliphatic rings. The minimum absolute atomic E-state index is 0.179. The summed E-state index contributed by atoms with van der Waals surface area (Å²) in [7, 11) is 1.95. The van der Waals surface area contributed by atoms with E-state index in [1.807, 2.05) is 12.5 Å². The fourth-order valence-electron chi connectivity index (χ4n) is 1.84. The van der Waals surface area contributed by atoms with Gasteiger partial charge >= 0.3 is 0 Å². The van der Waals surface area contributed by atoms with Gasteiger partial charge in [0.1, 0.15) is 5.82 Å². The maximum absolute atomic E-state index is 12.8. The van der Waals surface area contributed by atoms with Crippen LogP contribution < -0.4 is 11.3 Å². The number of hydrogen-bond acceptors (Lipinski definition) is 5. The number of aromatic nitrogens is 3. The van der Waals surface area contributed by atoms with Crippen LogP contribution in [0.5, 0.6) is 0 Å². The standard InChI is InChI=1S/C13H17FN6O/c1-19(8-10-2-4-11(14)5-3-10)6-7-20-9-12(17-18-20)13(21)16-15/h2-5,9H,6-8,15H2,1H3,(H,16,21). The normalized spacial score (nSPS) is 10.9. The number of hydrogen-bond donors (Lipinski definition) is 2. The van der Waals surface area contributed by atoms with Gasteiger partial charge in [0.25, 0.3) is 5.91 Å². The molecule has 112 valence electrons. The lowest BCUT2D eigenvalue weighted by molar-refractivity contribution is 0.0948. The van der Waals surface area contributed by atoms with E-state index in [1.54, 1.807) is 16.8 Å². The fraction of sp³-hybridized carbons (Fsp3) is 0.308. The van der Waals surface area contributed by atoms with Crippen LogP contribution in [0.1, 0.15) is 16.1 Å². The molecule has 1 aromatic heterocycles. The smallest absolute Gasteiger partial charge is 0.287 e. The SMILES string of the molecule is CN(CCn1cc(C(=O)NN)nn1)Cc1ccc(F)cc1. The minimum Gasteiger partial charge on any atom is -0.300 e. The first kappa shape index (κ1) is 15.1. The van der Waals surface area contributed by atoms with Crippen LogP contribution in [0.15, 0.2) is 30.5 Å². The Morgan fingerprint density at radius 2 is 2.14 bits per heavy atom. The van der Waals surface area contributed by atoms with Gasteiger partial charge in [0.05, 0.1) is 12.7 Å². The maximum Gasteiger partial charge on any atom is 0.287 e. The van der Waals surface area contributed by atoms with Gasteiger partial charge in [0, 0.05) is 13.1 Å². The van der Waals surface area contributed by atoms with E-state index < -0.39 is 5.91 Å². The third-order valence-corrected chi connectivity index (χ3v) is 2.98.